The highest BCUT2D eigenvalue weighted by Crippen LogP contribution is 1.99. The quantitative estimate of drug-likeness (QED) is 0.212. The van der Waals surface area contributed by atoms with E-state index in [1.807, 2.05) is 0 Å². The summed E-state index contributed by atoms with van der Waals surface area (Å²) in [6.07, 6.45) is -1.43. The zero-order valence-corrected chi connectivity index (χ0v) is 17.7. The van der Waals surface area contributed by atoms with Gasteiger partial charge in [0.2, 0.25) is 0 Å². The van der Waals surface area contributed by atoms with Crippen LogP contribution in [0.4, 0.5) is 0 Å². The predicted molar refractivity (Wildman–Crippen MR) is 114 cm³/mol. The first kappa shape index (κ1) is 44.2. The summed E-state index contributed by atoms with van der Waals surface area (Å²) in [4.78, 5) is 0. The first-order valence-corrected chi connectivity index (χ1v) is 8.46. The molecule has 198 valence electrons. The summed E-state index contributed by atoms with van der Waals surface area (Å²) >= 11 is 0. The largest absolute Gasteiger partial charge is 0.400 e. The highest BCUT2D eigenvalue weighted by atomic mass is 16.7. The van der Waals surface area contributed by atoms with E-state index in [-0.39, 0.29) is 40.8 Å². The molecule has 2 aliphatic rings. The van der Waals surface area contributed by atoms with Crippen molar-refractivity contribution in [1.82, 2.24) is 0 Å². The maximum absolute atomic E-state index is 8.66. The molecule has 0 saturated carbocycles. The summed E-state index contributed by atoms with van der Waals surface area (Å²) in [5.41, 5.74) is 0. The van der Waals surface area contributed by atoms with Crippen molar-refractivity contribution >= 4 is 0 Å². The number of ether oxygens (including phenoxy) is 6. The van der Waals surface area contributed by atoms with Gasteiger partial charge in [0.05, 0.1) is 39.6 Å². The maximum atomic E-state index is 8.66. The Labute approximate surface area is 186 Å². The van der Waals surface area contributed by atoms with E-state index < -0.39 is 12.2 Å². The molecule has 1 unspecified atom stereocenters. The fourth-order valence-electron chi connectivity index (χ4n) is 1.13. The lowest BCUT2D eigenvalue weighted by Gasteiger charge is -2.16. The van der Waals surface area contributed by atoms with Crippen LogP contribution < -0.4 is 0 Å². The van der Waals surface area contributed by atoms with Gasteiger partial charge in [0.25, 0.3) is 0 Å². The van der Waals surface area contributed by atoms with Crippen LogP contribution in [0.3, 0.4) is 0 Å². The van der Waals surface area contributed by atoms with Gasteiger partial charge in [0.1, 0.15) is 38.7 Å². The number of hydrogen-bond donors (Lipinski definition) is 7. The second-order valence-corrected chi connectivity index (χ2v) is 4.69. The Morgan fingerprint density at radius 3 is 1.35 bits per heavy atom. The van der Waals surface area contributed by atoms with Crippen molar-refractivity contribution in [2.45, 2.75) is 33.2 Å². The Bertz CT molecular complexity index is 232. The minimum absolute atomic E-state index is 0. The van der Waals surface area contributed by atoms with Crippen molar-refractivity contribution in [3.05, 3.63) is 0 Å². The minimum Gasteiger partial charge on any atom is -0.400 e. The van der Waals surface area contributed by atoms with Gasteiger partial charge in [-0.2, -0.15) is 0 Å². The van der Waals surface area contributed by atoms with Crippen LogP contribution in [0.15, 0.2) is 0 Å². The van der Waals surface area contributed by atoms with Crippen molar-refractivity contribution in [1.29, 1.82) is 0 Å². The molecule has 0 aromatic rings. The zero-order valence-electron chi connectivity index (χ0n) is 17.7. The van der Waals surface area contributed by atoms with Gasteiger partial charge >= 0.3 is 0 Å². The third-order valence-electron chi connectivity index (χ3n) is 2.34. The molecule has 0 bridgehead atoms. The Kier molecular flexibility index (Phi) is 61.8. The average Bonchev–Trinajstić information content (AvgIpc) is 3.32. The van der Waals surface area contributed by atoms with Crippen LogP contribution in [0, 0.1) is 0 Å². The SMILES string of the molecule is C.C.CO.CO.COCOC.OC1COCOC1.OCC(O)CO.OCC1COCO1. The molecule has 2 saturated heterocycles. The molecule has 1 atom stereocenters. The zero-order chi connectivity index (χ0) is 23.3. The molecule has 2 aliphatic heterocycles. The Balaban J connectivity index is -0.0000000629. The van der Waals surface area contributed by atoms with Crippen LogP contribution in [0.5, 0.6) is 0 Å². The molecule has 13 nitrogen and oxygen atoms in total. The van der Waals surface area contributed by atoms with Crippen molar-refractivity contribution in [3.63, 3.8) is 0 Å². The van der Waals surface area contributed by atoms with Crippen LogP contribution in [0.25, 0.3) is 0 Å². The fraction of sp³-hybridized carbons (Fsp3) is 1.00. The van der Waals surface area contributed by atoms with Crippen LogP contribution in [-0.2, 0) is 28.4 Å². The summed E-state index contributed by atoms with van der Waals surface area (Å²) in [6, 6.07) is 0. The van der Waals surface area contributed by atoms with Gasteiger partial charge in [-0.3, -0.25) is 0 Å². The first-order valence-electron chi connectivity index (χ1n) is 8.46. The average molecular weight is 473 g/mol. The molecule has 2 rings (SSSR count). The third kappa shape index (κ3) is 44.1. The normalized spacial score (nSPS) is 16.5. The lowest BCUT2D eigenvalue weighted by molar-refractivity contribution is -0.150. The second kappa shape index (κ2) is 43.4. The highest BCUT2D eigenvalue weighted by Gasteiger charge is 2.13. The second-order valence-electron chi connectivity index (χ2n) is 4.69. The molecule has 2 fully saturated rings. The number of methoxy groups -OCH3 is 2. The highest BCUT2D eigenvalue weighted by molar-refractivity contribution is 4.55. The molecule has 13 heteroatoms. The first-order chi connectivity index (χ1) is 14.0. The third-order valence-corrected chi connectivity index (χ3v) is 2.34. The Morgan fingerprint density at radius 1 is 0.806 bits per heavy atom. The van der Waals surface area contributed by atoms with Gasteiger partial charge in [-0.15, -0.1) is 0 Å². The van der Waals surface area contributed by atoms with Crippen LogP contribution in [-0.4, -0.2) is 143 Å². The van der Waals surface area contributed by atoms with Gasteiger partial charge in [-0.1, -0.05) is 14.9 Å². The summed E-state index contributed by atoms with van der Waals surface area (Å²) in [6.45, 7) is 1.77. The molecule has 0 amide bonds. The maximum Gasteiger partial charge on any atom is 0.147 e. The van der Waals surface area contributed by atoms with Gasteiger partial charge in [-0.25, -0.2) is 0 Å². The lowest BCUT2D eigenvalue weighted by atomic mass is 10.4. The van der Waals surface area contributed by atoms with Crippen LogP contribution in [0.2, 0.25) is 0 Å². The number of hydrogen-bond acceptors (Lipinski definition) is 13. The molecule has 0 aliphatic carbocycles. The number of aliphatic hydroxyl groups excluding tert-OH is 7. The smallest absolute Gasteiger partial charge is 0.147 e. The molecule has 0 spiro atoms. The molecule has 2 heterocycles. The van der Waals surface area contributed by atoms with Gasteiger partial charge < -0.3 is 64.2 Å². The lowest BCUT2D eigenvalue weighted by Crippen LogP contribution is -2.28. The molecule has 0 aromatic heterocycles. The van der Waals surface area contributed by atoms with E-state index in [1.165, 1.54) is 0 Å². The molecule has 7 N–H and O–H groups in total. The van der Waals surface area contributed by atoms with Gasteiger partial charge in [-0.05, 0) is 0 Å². The predicted octanol–water partition coefficient (Wildman–Crippen LogP) is -2.24. The van der Waals surface area contributed by atoms with Crippen molar-refractivity contribution in [2.75, 3.05) is 88.5 Å². The topological polar surface area (TPSA) is 197 Å². The monoisotopic (exact) mass is 472 g/mol. The number of rotatable bonds is 5. The summed E-state index contributed by atoms with van der Waals surface area (Å²) in [5.74, 6) is 0. The van der Waals surface area contributed by atoms with E-state index in [0.29, 0.717) is 40.2 Å². The van der Waals surface area contributed by atoms with Gasteiger partial charge in [0, 0.05) is 28.4 Å². The molecule has 0 radical (unpaired) electrons. The van der Waals surface area contributed by atoms with Crippen molar-refractivity contribution in [2.24, 2.45) is 0 Å². The standard InChI is InChI=1S/2C4H8O3.C3H8O3.C3H8O2.2CH4O.2CH4/c5-4-1-6-3-7-2-4;5-1-4-2-6-3-7-4;4-1-3(6)2-5;1-4-3-5-2;2*1-2;;/h2*4-5H,1-3H2;3-6H,1-2H2;3H2,1-2H3;2*2H,1H3;2*1H4. The summed E-state index contributed by atoms with van der Waals surface area (Å²) < 4.78 is 28.0. The van der Waals surface area contributed by atoms with E-state index >= 15 is 0 Å². The number of aliphatic hydroxyl groups is 7. The van der Waals surface area contributed by atoms with Gasteiger partial charge in [0.15, 0.2) is 0 Å². The Hall–Kier alpha value is -0.520. The van der Waals surface area contributed by atoms with Crippen molar-refractivity contribution in [3.8, 4) is 0 Å². The molecule has 31 heavy (non-hydrogen) atoms. The van der Waals surface area contributed by atoms with E-state index in [9.17, 15) is 0 Å². The molecular formula is C18H48O13. The van der Waals surface area contributed by atoms with E-state index in [0.717, 1.165) is 14.2 Å². The summed E-state index contributed by atoms with van der Waals surface area (Å²) in [7, 11) is 5.17. The van der Waals surface area contributed by atoms with E-state index in [2.05, 4.69) is 9.47 Å². The molecule has 0 aromatic carbocycles. The van der Waals surface area contributed by atoms with Crippen LogP contribution >= 0.6 is 0 Å². The fourth-order valence-corrected chi connectivity index (χ4v) is 1.13. The van der Waals surface area contributed by atoms with Crippen molar-refractivity contribution < 1.29 is 64.2 Å². The summed E-state index contributed by atoms with van der Waals surface area (Å²) in [5, 5.41) is 55.0. The van der Waals surface area contributed by atoms with E-state index in [1.54, 1.807) is 14.2 Å². The van der Waals surface area contributed by atoms with Crippen LogP contribution in [0.1, 0.15) is 14.9 Å². The van der Waals surface area contributed by atoms with E-state index in [4.69, 9.17) is 54.7 Å². The molecular weight excluding hydrogens is 424 g/mol. The Morgan fingerprint density at radius 2 is 1.23 bits per heavy atom. The minimum atomic E-state index is -0.954.